The number of carbonyl (C=O) groups is 1. The molecule has 0 aliphatic rings. The molecule has 0 aliphatic carbocycles. The normalized spacial score (nSPS) is 11.3. The molecule has 1 aromatic carbocycles. The molecule has 0 radical (unpaired) electrons. The van der Waals surface area contributed by atoms with Crippen LogP contribution >= 0.6 is 34.7 Å². The average Bonchev–Trinajstić information content (AvgIpc) is 3.03. The number of rotatable bonds is 7. The van der Waals surface area contributed by atoms with E-state index in [0.717, 1.165) is 12.1 Å². The maximum atomic E-state index is 13.0. The molecule has 0 spiro atoms. The first-order valence-corrected chi connectivity index (χ1v) is 11.1. The van der Waals surface area contributed by atoms with Crippen molar-refractivity contribution < 1.29 is 4.79 Å². The molecule has 3 rings (SSSR count). The third kappa shape index (κ3) is 5.12. The summed E-state index contributed by atoms with van der Waals surface area (Å²) in [5.74, 6) is 0.399. The molecular weight excluding hydrogens is 416 g/mol. The molecule has 28 heavy (non-hydrogen) atoms. The van der Waals surface area contributed by atoms with E-state index in [0.29, 0.717) is 38.7 Å². The summed E-state index contributed by atoms with van der Waals surface area (Å²) in [7, 11) is 0. The number of aromatic nitrogens is 3. The molecule has 0 atom stereocenters. The SMILES string of the molecule is Cc1csc(NC(=O)CSc2nc3cc(Cl)ccc3c(=O)n2CCC(C)C)n1. The minimum Gasteiger partial charge on any atom is -0.301 e. The molecule has 0 saturated heterocycles. The van der Waals surface area contributed by atoms with E-state index in [-0.39, 0.29) is 17.2 Å². The van der Waals surface area contributed by atoms with E-state index < -0.39 is 0 Å². The van der Waals surface area contributed by atoms with E-state index in [1.54, 1.807) is 22.8 Å². The lowest BCUT2D eigenvalue weighted by atomic mass is 10.1. The predicted molar refractivity (Wildman–Crippen MR) is 117 cm³/mol. The number of hydrogen-bond donors (Lipinski definition) is 1. The van der Waals surface area contributed by atoms with Crippen molar-refractivity contribution in [1.29, 1.82) is 0 Å². The predicted octanol–water partition coefficient (Wildman–Crippen LogP) is 4.59. The van der Waals surface area contributed by atoms with Gasteiger partial charge in [0.25, 0.3) is 5.56 Å². The number of nitrogens with zero attached hydrogens (tertiary/aromatic N) is 3. The van der Waals surface area contributed by atoms with Crippen LogP contribution < -0.4 is 10.9 Å². The van der Waals surface area contributed by atoms with Crippen LogP contribution in [0.15, 0.2) is 33.5 Å². The fourth-order valence-electron chi connectivity index (χ4n) is 2.57. The number of nitrogens with one attached hydrogen (secondary N) is 1. The number of thiazole rings is 1. The van der Waals surface area contributed by atoms with E-state index in [9.17, 15) is 9.59 Å². The van der Waals surface area contributed by atoms with Gasteiger partial charge >= 0.3 is 0 Å². The van der Waals surface area contributed by atoms with Gasteiger partial charge in [0.2, 0.25) is 5.91 Å². The van der Waals surface area contributed by atoms with E-state index in [2.05, 4.69) is 29.1 Å². The lowest BCUT2D eigenvalue weighted by Crippen LogP contribution is -2.25. The summed E-state index contributed by atoms with van der Waals surface area (Å²) in [6.45, 7) is 6.64. The summed E-state index contributed by atoms with van der Waals surface area (Å²) in [6.07, 6.45) is 0.846. The molecule has 148 valence electrons. The number of amides is 1. The third-order valence-electron chi connectivity index (χ3n) is 4.01. The Morgan fingerprint density at radius 1 is 1.36 bits per heavy atom. The van der Waals surface area contributed by atoms with E-state index in [1.165, 1.54) is 23.1 Å². The lowest BCUT2D eigenvalue weighted by Gasteiger charge is -2.14. The Bertz CT molecular complexity index is 1060. The quantitative estimate of drug-likeness (QED) is 0.433. The van der Waals surface area contributed by atoms with Crippen molar-refractivity contribution in [3.05, 3.63) is 44.6 Å². The van der Waals surface area contributed by atoms with Crippen LogP contribution in [0.1, 0.15) is 26.0 Å². The number of carbonyl (C=O) groups excluding carboxylic acids is 1. The molecule has 6 nitrogen and oxygen atoms in total. The van der Waals surface area contributed by atoms with Crippen LogP contribution in [0.25, 0.3) is 10.9 Å². The van der Waals surface area contributed by atoms with Crippen LogP contribution in [-0.4, -0.2) is 26.2 Å². The highest BCUT2D eigenvalue weighted by molar-refractivity contribution is 7.99. The van der Waals surface area contributed by atoms with E-state index >= 15 is 0 Å². The Morgan fingerprint density at radius 2 is 2.14 bits per heavy atom. The van der Waals surface area contributed by atoms with Crippen molar-refractivity contribution in [3.8, 4) is 0 Å². The van der Waals surface area contributed by atoms with Crippen LogP contribution in [0, 0.1) is 12.8 Å². The van der Waals surface area contributed by atoms with E-state index in [4.69, 9.17) is 11.6 Å². The van der Waals surface area contributed by atoms with Gasteiger partial charge < -0.3 is 5.32 Å². The molecule has 9 heteroatoms. The standard InChI is InChI=1S/C19H21ClN4O2S2/c1-11(2)6-7-24-17(26)14-5-4-13(20)8-15(14)22-19(24)28-10-16(25)23-18-21-12(3)9-27-18/h4-5,8-9,11H,6-7,10H2,1-3H3,(H,21,23,25). The summed E-state index contributed by atoms with van der Waals surface area (Å²) in [5, 5.41) is 6.79. The first-order valence-electron chi connectivity index (χ1n) is 8.88. The highest BCUT2D eigenvalue weighted by Crippen LogP contribution is 2.22. The molecule has 1 amide bonds. The minimum atomic E-state index is -0.185. The number of fused-ring (bicyclic) bond motifs is 1. The molecule has 2 aromatic heterocycles. The van der Waals surface area contributed by atoms with Crippen LogP contribution in [0.5, 0.6) is 0 Å². The fourth-order valence-corrected chi connectivity index (χ4v) is 4.26. The molecule has 0 bridgehead atoms. The number of aryl methyl sites for hydroxylation is 1. The van der Waals surface area contributed by atoms with Gasteiger partial charge in [0.15, 0.2) is 10.3 Å². The van der Waals surface area contributed by atoms with Gasteiger partial charge in [-0.15, -0.1) is 11.3 Å². The Kier molecular flexibility index (Phi) is 6.74. The molecule has 0 aliphatic heterocycles. The maximum absolute atomic E-state index is 13.0. The van der Waals surface area contributed by atoms with Crippen LogP contribution in [0.2, 0.25) is 5.02 Å². The monoisotopic (exact) mass is 436 g/mol. The zero-order valence-corrected chi connectivity index (χ0v) is 18.2. The average molecular weight is 437 g/mol. The number of benzene rings is 1. The summed E-state index contributed by atoms with van der Waals surface area (Å²) < 4.78 is 1.65. The molecule has 3 aromatic rings. The number of anilines is 1. The highest BCUT2D eigenvalue weighted by Gasteiger charge is 2.15. The second-order valence-electron chi connectivity index (χ2n) is 6.83. The zero-order chi connectivity index (χ0) is 20.3. The lowest BCUT2D eigenvalue weighted by molar-refractivity contribution is -0.113. The van der Waals surface area contributed by atoms with Crippen molar-refractivity contribution in [2.24, 2.45) is 5.92 Å². The molecule has 0 fully saturated rings. The first-order chi connectivity index (χ1) is 13.3. The second kappa shape index (κ2) is 9.07. The molecule has 1 N–H and O–H groups in total. The fraction of sp³-hybridized carbons (Fsp3) is 0.368. The Hall–Kier alpha value is -1.90. The molecular formula is C19H21ClN4O2S2. The summed E-state index contributed by atoms with van der Waals surface area (Å²) in [6, 6.07) is 5.06. The molecule has 0 unspecified atom stereocenters. The van der Waals surface area contributed by atoms with Gasteiger partial charge in [0, 0.05) is 16.9 Å². The minimum absolute atomic E-state index is 0.110. The number of hydrogen-bond acceptors (Lipinski definition) is 6. The van der Waals surface area contributed by atoms with Gasteiger partial charge in [0.05, 0.1) is 22.3 Å². The van der Waals surface area contributed by atoms with Crippen molar-refractivity contribution in [2.45, 2.75) is 38.9 Å². The maximum Gasteiger partial charge on any atom is 0.262 e. The first kappa shape index (κ1) is 20.8. The van der Waals surface area contributed by atoms with E-state index in [1.807, 2.05) is 12.3 Å². The van der Waals surface area contributed by atoms with Gasteiger partial charge in [-0.2, -0.15) is 0 Å². The van der Waals surface area contributed by atoms with Gasteiger partial charge in [0.1, 0.15) is 0 Å². The highest BCUT2D eigenvalue weighted by atomic mass is 35.5. The third-order valence-corrected chi connectivity index (χ3v) is 6.10. The van der Waals surface area contributed by atoms with Crippen LogP contribution in [0.4, 0.5) is 5.13 Å². The van der Waals surface area contributed by atoms with Crippen LogP contribution in [0.3, 0.4) is 0 Å². The van der Waals surface area contributed by atoms with Gasteiger partial charge in [-0.05, 0) is 37.5 Å². The smallest absolute Gasteiger partial charge is 0.262 e. The Balaban J connectivity index is 1.85. The largest absolute Gasteiger partial charge is 0.301 e. The molecule has 0 saturated carbocycles. The second-order valence-corrected chi connectivity index (χ2v) is 9.06. The van der Waals surface area contributed by atoms with Crippen molar-refractivity contribution in [1.82, 2.24) is 14.5 Å². The zero-order valence-electron chi connectivity index (χ0n) is 15.9. The summed E-state index contributed by atoms with van der Waals surface area (Å²) in [4.78, 5) is 34.1. The van der Waals surface area contributed by atoms with Crippen molar-refractivity contribution >= 4 is 56.6 Å². The van der Waals surface area contributed by atoms with Crippen molar-refractivity contribution in [3.63, 3.8) is 0 Å². The summed E-state index contributed by atoms with van der Waals surface area (Å²) in [5.41, 5.74) is 1.29. The molecule has 2 heterocycles. The number of halogens is 1. The Labute approximate surface area is 176 Å². The van der Waals surface area contributed by atoms with Crippen molar-refractivity contribution in [2.75, 3.05) is 11.1 Å². The van der Waals surface area contributed by atoms with Gasteiger partial charge in [-0.25, -0.2) is 9.97 Å². The Morgan fingerprint density at radius 3 is 2.82 bits per heavy atom. The van der Waals surface area contributed by atoms with Gasteiger partial charge in [-0.1, -0.05) is 37.2 Å². The van der Waals surface area contributed by atoms with Gasteiger partial charge in [-0.3, -0.25) is 14.2 Å². The number of thioether (sulfide) groups is 1. The topological polar surface area (TPSA) is 76.9 Å². The van der Waals surface area contributed by atoms with Crippen LogP contribution in [-0.2, 0) is 11.3 Å². The summed E-state index contributed by atoms with van der Waals surface area (Å²) >= 11 is 8.68.